The van der Waals surface area contributed by atoms with Gasteiger partial charge in [0.15, 0.2) is 11.7 Å². The standard InChI is InChI=1S/C20H21NO5/c1-14-8-10-16(11-9-14)25-15(2)19(22)24-13-5-12-21-17-6-3-4-7-18(17)26-20(21)23/h3-4,6-11,15H,5,12-13H2,1-2H3. The summed E-state index contributed by atoms with van der Waals surface area (Å²) in [6.45, 7) is 4.25. The first-order valence-corrected chi connectivity index (χ1v) is 8.53. The van der Waals surface area contributed by atoms with E-state index in [1.807, 2.05) is 49.4 Å². The lowest BCUT2D eigenvalue weighted by atomic mass is 10.2. The summed E-state index contributed by atoms with van der Waals surface area (Å²) >= 11 is 0. The van der Waals surface area contributed by atoms with E-state index in [0.29, 0.717) is 24.3 Å². The van der Waals surface area contributed by atoms with Gasteiger partial charge in [-0.2, -0.15) is 0 Å². The number of nitrogens with zero attached hydrogens (tertiary/aromatic N) is 1. The van der Waals surface area contributed by atoms with Gasteiger partial charge in [-0.1, -0.05) is 29.8 Å². The Balaban J connectivity index is 1.48. The number of rotatable bonds is 7. The average Bonchev–Trinajstić information content (AvgIpc) is 2.95. The molecule has 6 nitrogen and oxygen atoms in total. The Bertz CT molecular complexity index is 939. The molecule has 0 radical (unpaired) electrons. The molecule has 0 aliphatic rings. The van der Waals surface area contributed by atoms with Crippen LogP contribution >= 0.6 is 0 Å². The zero-order valence-electron chi connectivity index (χ0n) is 14.8. The van der Waals surface area contributed by atoms with E-state index in [1.54, 1.807) is 13.0 Å². The van der Waals surface area contributed by atoms with Gasteiger partial charge in [0, 0.05) is 6.54 Å². The van der Waals surface area contributed by atoms with Crippen LogP contribution in [-0.2, 0) is 16.1 Å². The highest BCUT2D eigenvalue weighted by Crippen LogP contribution is 2.14. The molecule has 0 aliphatic heterocycles. The second kappa shape index (κ2) is 7.91. The molecule has 0 bridgehead atoms. The first-order valence-electron chi connectivity index (χ1n) is 8.53. The number of aryl methyl sites for hydroxylation is 2. The van der Waals surface area contributed by atoms with Crippen LogP contribution in [0, 0.1) is 6.92 Å². The molecule has 3 aromatic rings. The second-order valence-electron chi connectivity index (χ2n) is 6.08. The topological polar surface area (TPSA) is 70.7 Å². The summed E-state index contributed by atoms with van der Waals surface area (Å²) in [5.41, 5.74) is 2.41. The number of para-hydroxylation sites is 2. The molecule has 0 saturated carbocycles. The first-order chi connectivity index (χ1) is 12.5. The smallest absolute Gasteiger partial charge is 0.419 e. The molecule has 136 valence electrons. The van der Waals surface area contributed by atoms with Crippen LogP contribution in [0.2, 0.25) is 0 Å². The van der Waals surface area contributed by atoms with Gasteiger partial charge in [0.25, 0.3) is 0 Å². The second-order valence-corrected chi connectivity index (χ2v) is 6.08. The monoisotopic (exact) mass is 355 g/mol. The summed E-state index contributed by atoms with van der Waals surface area (Å²) in [5.74, 6) is -0.222. The highest BCUT2D eigenvalue weighted by molar-refractivity contribution is 5.74. The Morgan fingerprint density at radius 2 is 1.88 bits per heavy atom. The zero-order chi connectivity index (χ0) is 18.5. The molecule has 1 atom stereocenters. The number of oxazole rings is 1. The van der Waals surface area contributed by atoms with E-state index in [1.165, 1.54) is 4.57 Å². The van der Waals surface area contributed by atoms with Crippen LogP contribution in [0.15, 0.2) is 57.7 Å². The Morgan fingerprint density at radius 3 is 2.65 bits per heavy atom. The molecule has 1 aromatic heterocycles. The number of ether oxygens (including phenoxy) is 2. The minimum Gasteiger partial charge on any atom is -0.479 e. The highest BCUT2D eigenvalue weighted by Gasteiger charge is 2.16. The van der Waals surface area contributed by atoms with Gasteiger partial charge < -0.3 is 13.9 Å². The number of benzene rings is 2. The molecular weight excluding hydrogens is 334 g/mol. The predicted molar refractivity (Wildman–Crippen MR) is 97.3 cm³/mol. The number of esters is 1. The zero-order valence-corrected chi connectivity index (χ0v) is 14.8. The molecule has 3 rings (SSSR count). The maximum atomic E-state index is 12.0. The van der Waals surface area contributed by atoms with Crippen molar-refractivity contribution in [1.29, 1.82) is 0 Å². The number of carbonyl (C=O) groups is 1. The summed E-state index contributed by atoms with van der Waals surface area (Å²) < 4.78 is 17.5. The predicted octanol–water partition coefficient (Wildman–Crippen LogP) is 3.30. The van der Waals surface area contributed by atoms with Gasteiger partial charge in [-0.15, -0.1) is 0 Å². The molecule has 26 heavy (non-hydrogen) atoms. The van der Waals surface area contributed by atoms with E-state index in [-0.39, 0.29) is 6.61 Å². The fraction of sp³-hybridized carbons (Fsp3) is 0.300. The molecule has 0 aliphatic carbocycles. The summed E-state index contributed by atoms with van der Waals surface area (Å²) in [7, 11) is 0. The number of aromatic nitrogens is 1. The van der Waals surface area contributed by atoms with Crippen molar-refractivity contribution >= 4 is 17.1 Å². The maximum Gasteiger partial charge on any atom is 0.419 e. The van der Waals surface area contributed by atoms with Crippen molar-refractivity contribution in [1.82, 2.24) is 4.57 Å². The van der Waals surface area contributed by atoms with Crippen LogP contribution in [-0.4, -0.2) is 23.2 Å². The summed E-state index contributed by atoms with van der Waals surface area (Å²) in [6, 6.07) is 14.7. The summed E-state index contributed by atoms with van der Waals surface area (Å²) in [4.78, 5) is 23.9. The van der Waals surface area contributed by atoms with Gasteiger partial charge in [0.2, 0.25) is 0 Å². The van der Waals surface area contributed by atoms with Crippen molar-refractivity contribution in [2.75, 3.05) is 6.61 Å². The third-order valence-corrected chi connectivity index (χ3v) is 4.01. The number of carbonyl (C=O) groups excluding carboxylic acids is 1. The van der Waals surface area contributed by atoms with Crippen molar-refractivity contribution in [3.63, 3.8) is 0 Å². The Hall–Kier alpha value is -3.02. The minimum absolute atomic E-state index is 0.201. The van der Waals surface area contributed by atoms with E-state index < -0.39 is 17.8 Å². The largest absolute Gasteiger partial charge is 0.479 e. The maximum absolute atomic E-state index is 12.0. The van der Waals surface area contributed by atoms with Crippen molar-refractivity contribution in [3.8, 4) is 5.75 Å². The Kier molecular flexibility index (Phi) is 5.41. The van der Waals surface area contributed by atoms with Crippen LogP contribution in [0.1, 0.15) is 18.9 Å². The summed E-state index contributed by atoms with van der Waals surface area (Å²) in [5, 5.41) is 0. The molecule has 0 fully saturated rings. The number of fused-ring (bicyclic) bond motifs is 1. The van der Waals surface area contributed by atoms with Gasteiger partial charge in [-0.25, -0.2) is 9.59 Å². The lowest BCUT2D eigenvalue weighted by Crippen LogP contribution is -2.27. The fourth-order valence-electron chi connectivity index (χ4n) is 2.61. The van der Waals surface area contributed by atoms with Crippen LogP contribution in [0.3, 0.4) is 0 Å². The van der Waals surface area contributed by atoms with Crippen molar-refractivity contribution < 1.29 is 18.7 Å². The third-order valence-electron chi connectivity index (χ3n) is 4.01. The molecule has 2 aromatic carbocycles. The molecule has 1 heterocycles. The van der Waals surface area contributed by atoms with Crippen molar-refractivity contribution in [2.24, 2.45) is 0 Å². The van der Waals surface area contributed by atoms with E-state index in [2.05, 4.69) is 0 Å². The third kappa shape index (κ3) is 4.14. The number of hydrogen-bond donors (Lipinski definition) is 0. The lowest BCUT2D eigenvalue weighted by Gasteiger charge is -2.14. The van der Waals surface area contributed by atoms with Gasteiger partial charge in [-0.3, -0.25) is 4.57 Å². The molecule has 0 saturated heterocycles. The van der Waals surface area contributed by atoms with E-state index in [0.717, 1.165) is 11.1 Å². The molecule has 0 spiro atoms. The molecular formula is C20H21NO5. The number of hydrogen-bond acceptors (Lipinski definition) is 5. The van der Waals surface area contributed by atoms with E-state index in [9.17, 15) is 9.59 Å². The van der Waals surface area contributed by atoms with Crippen molar-refractivity contribution in [2.45, 2.75) is 32.9 Å². The van der Waals surface area contributed by atoms with Crippen LogP contribution in [0.4, 0.5) is 0 Å². The van der Waals surface area contributed by atoms with Gasteiger partial charge in [0.1, 0.15) is 5.75 Å². The normalized spacial score (nSPS) is 12.1. The Labute approximate surface area is 150 Å². The molecule has 1 unspecified atom stereocenters. The van der Waals surface area contributed by atoms with Gasteiger partial charge in [0.05, 0.1) is 12.1 Å². The van der Waals surface area contributed by atoms with Crippen molar-refractivity contribution in [3.05, 3.63) is 64.6 Å². The van der Waals surface area contributed by atoms with E-state index in [4.69, 9.17) is 13.9 Å². The molecule has 6 heteroatoms. The van der Waals surface area contributed by atoms with Crippen LogP contribution in [0.5, 0.6) is 5.75 Å². The van der Waals surface area contributed by atoms with Crippen LogP contribution < -0.4 is 10.5 Å². The molecule has 0 N–H and O–H groups in total. The first kappa shape index (κ1) is 17.8. The minimum atomic E-state index is -0.699. The molecule has 0 amide bonds. The average molecular weight is 355 g/mol. The summed E-state index contributed by atoms with van der Waals surface area (Å²) in [6.07, 6.45) is -0.193. The lowest BCUT2D eigenvalue weighted by molar-refractivity contribution is -0.151. The SMILES string of the molecule is Cc1ccc(OC(C)C(=O)OCCCn2c(=O)oc3ccccc32)cc1. The Morgan fingerprint density at radius 1 is 1.15 bits per heavy atom. The van der Waals surface area contributed by atoms with Gasteiger partial charge in [-0.05, 0) is 44.5 Å². The van der Waals surface area contributed by atoms with Gasteiger partial charge >= 0.3 is 11.7 Å². The van der Waals surface area contributed by atoms with E-state index >= 15 is 0 Å². The fourth-order valence-corrected chi connectivity index (χ4v) is 2.61. The quantitative estimate of drug-likeness (QED) is 0.480. The highest BCUT2D eigenvalue weighted by atomic mass is 16.6. The van der Waals surface area contributed by atoms with Crippen LogP contribution in [0.25, 0.3) is 11.1 Å².